The van der Waals surface area contributed by atoms with Gasteiger partial charge in [-0.15, -0.1) is 10.2 Å². The van der Waals surface area contributed by atoms with Gasteiger partial charge in [-0.25, -0.2) is 0 Å². The molecule has 5 nitrogen and oxygen atoms in total. The summed E-state index contributed by atoms with van der Waals surface area (Å²) in [5.74, 6) is -0.608. The fourth-order valence-electron chi connectivity index (χ4n) is 1.55. The fraction of sp³-hybridized carbons (Fsp3) is 0.250. The maximum Gasteiger partial charge on any atom is 0.445 e. The minimum absolute atomic E-state index is 0.226. The number of hydrogen-bond acceptors (Lipinski definition) is 5. The summed E-state index contributed by atoms with van der Waals surface area (Å²) in [6, 6.07) is 8.17. The molecule has 0 aliphatic rings. The molecule has 0 aliphatic heterocycles. The van der Waals surface area contributed by atoms with Crippen LogP contribution >= 0.6 is 11.3 Å². The second-order valence-electron chi connectivity index (χ2n) is 4.20. The van der Waals surface area contributed by atoms with Gasteiger partial charge in [0.2, 0.25) is 16.0 Å². The smallest absolute Gasteiger partial charge is 0.320 e. The summed E-state index contributed by atoms with van der Waals surface area (Å²) in [6.07, 6.45) is -4.30. The fourth-order valence-corrected chi connectivity index (χ4v) is 2.16. The van der Waals surface area contributed by atoms with Crippen molar-refractivity contribution in [3.8, 4) is 0 Å². The monoisotopic (exact) mass is 316 g/mol. The molecule has 0 saturated heterocycles. The van der Waals surface area contributed by atoms with Gasteiger partial charge in [-0.3, -0.25) is 10.1 Å². The molecular formula is C12H11F3N4OS. The normalized spacial score (nSPS) is 13.0. The Morgan fingerprint density at radius 3 is 2.52 bits per heavy atom. The second-order valence-corrected chi connectivity index (χ2v) is 5.17. The molecule has 0 saturated carbocycles. The minimum atomic E-state index is -4.58. The van der Waals surface area contributed by atoms with E-state index in [9.17, 15) is 18.0 Å². The third-order valence-corrected chi connectivity index (χ3v) is 3.42. The lowest BCUT2D eigenvalue weighted by atomic mass is 10.1. The molecular weight excluding hydrogens is 305 g/mol. The van der Waals surface area contributed by atoms with Gasteiger partial charge in [-0.05, 0) is 12.0 Å². The summed E-state index contributed by atoms with van der Waals surface area (Å²) in [7, 11) is 0. The van der Waals surface area contributed by atoms with Gasteiger partial charge >= 0.3 is 6.18 Å². The van der Waals surface area contributed by atoms with Crippen LogP contribution in [0.3, 0.4) is 0 Å². The molecule has 1 atom stereocenters. The molecule has 0 bridgehead atoms. The lowest BCUT2D eigenvalue weighted by Crippen LogP contribution is -2.37. The summed E-state index contributed by atoms with van der Waals surface area (Å²) in [4.78, 5) is 11.8. The lowest BCUT2D eigenvalue weighted by Gasteiger charge is -2.10. The van der Waals surface area contributed by atoms with Gasteiger partial charge in [0.25, 0.3) is 0 Å². The van der Waals surface area contributed by atoms with Crippen LogP contribution in [0, 0.1) is 0 Å². The minimum Gasteiger partial charge on any atom is -0.320 e. The summed E-state index contributed by atoms with van der Waals surface area (Å²) in [5, 5.41) is 7.14. The van der Waals surface area contributed by atoms with Crippen molar-refractivity contribution in [2.24, 2.45) is 5.73 Å². The molecule has 21 heavy (non-hydrogen) atoms. The maximum absolute atomic E-state index is 12.4. The predicted octanol–water partition coefficient (Wildman–Crippen LogP) is 2.07. The highest BCUT2D eigenvalue weighted by atomic mass is 32.1. The summed E-state index contributed by atoms with van der Waals surface area (Å²) in [6.45, 7) is 0. The number of rotatable bonds is 4. The number of nitrogens with one attached hydrogen (secondary N) is 1. The van der Waals surface area contributed by atoms with Crippen LogP contribution in [0.25, 0.3) is 0 Å². The Morgan fingerprint density at radius 1 is 1.29 bits per heavy atom. The molecule has 0 unspecified atom stereocenters. The van der Waals surface area contributed by atoms with Crippen LogP contribution < -0.4 is 11.1 Å². The number of amides is 1. The van der Waals surface area contributed by atoms with Crippen molar-refractivity contribution in [3.63, 3.8) is 0 Å². The van der Waals surface area contributed by atoms with Gasteiger partial charge in [-0.1, -0.05) is 41.7 Å². The van der Waals surface area contributed by atoms with Crippen LogP contribution in [0.4, 0.5) is 18.3 Å². The van der Waals surface area contributed by atoms with Crippen molar-refractivity contribution in [1.82, 2.24) is 10.2 Å². The van der Waals surface area contributed by atoms with Crippen LogP contribution in [-0.4, -0.2) is 22.1 Å². The first kappa shape index (κ1) is 15.4. The van der Waals surface area contributed by atoms with Crippen LogP contribution in [0.15, 0.2) is 30.3 Å². The highest BCUT2D eigenvalue weighted by Gasteiger charge is 2.35. The molecule has 0 spiro atoms. The molecule has 2 rings (SSSR count). The predicted molar refractivity (Wildman–Crippen MR) is 71.7 cm³/mol. The average Bonchev–Trinajstić information content (AvgIpc) is 2.88. The Kier molecular flexibility index (Phi) is 4.53. The van der Waals surface area contributed by atoms with E-state index in [1.807, 2.05) is 6.07 Å². The first-order chi connectivity index (χ1) is 9.86. The van der Waals surface area contributed by atoms with E-state index in [0.29, 0.717) is 0 Å². The van der Waals surface area contributed by atoms with Crippen molar-refractivity contribution in [2.45, 2.75) is 18.6 Å². The van der Waals surface area contributed by atoms with Crippen LogP contribution in [0.5, 0.6) is 0 Å². The van der Waals surface area contributed by atoms with Crippen molar-refractivity contribution < 1.29 is 18.0 Å². The van der Waals surface area contributed by atoms with E-state index in [1.165, 1.54) is 0 Å². The summed E-state index contributed by atoms with van der Waals surface area (Å²) >= 11 is 0.257. The molecule has 3 N–H and O–H groups in total. The quantitative estimate of drug-likeness (QED) is 0.905. The van der Waals surface area contributed by atoms with Crippen molar-refractivity contribution in [3.05, 3.63) is 40.9 Å². The largest absolute Gasteiger partial charge is 0.445 e. The number of carbonyl (C=O) groups excluding carboxylic acids is 1. The number of anilines is 1. The van der Waals surface area contributed by atoms with E-state index >= 15 is 0 Å². The molecule has 1 aromatic carbocycles. The van der Waals surface area contributed by atoms with Gasteiger partial charge < -0.3 is 5.73 Å². The number of benzene rings is 1. The van der Waals surface area contributed by atoms with Crippen LogP contribution in [0.2, 0.25) is 0 Å². The van der Waals surface area contributed by atoms with Crippen molar-refractivity contribution >= 4 is 22.4 Å². The Bertz CT molecular complexity index is 614. The maximum atomic E-state index is 12.4. The molecule has 1 heterocycles. The van der Waals surface area contributed by atoms with Gasteiger partial charge in [0.15, 0.2) is 0 Å². The SMILES string of the molecule is N[C@@H](Cc1ccccc1)C(=O)Nc1nnc(C(F)(F)F)s1. The Hall–Kier alpha value is -2.00. The Morgan fingerprint density at radius 2 is 1.95 bits per heavy atom. The topological polar surface area (TPSA) is 80.9 Å². The summed E-state index contributed by atoms with van der Waals surface area (Å²) in [5.41, 5.74) is 6.57. The molecule has 0 fully saturated rings. The van der Waals surface area contributed by atoms with E-state index in [0.717, 1.165) is 5.56 Å². The van der Waals surface area contributed by atoms with Crippen molar-refractivity contribution in [1.29, 1.82) is 0 Å². The van der Waals surface area contributed by atoms with Gasteiger partial charge in [0, 0.05) is 0 Å². The molecule has 112 valence electrons. The van der Waals surface area contributed by atoms with E-state index in [1.54, 1.807) is 24.3 Å². The molecule has 9 heteroatoms. The molecule has 2 aromatic rings. The Balaban J connectivity index is 1.96. The summed E-state index contributed by atoms with van der Waals surface area (Å²) < 4.78 is 37.1. The van der Waals surface area contributed by atoms with Crippen molar-refractivity contribution in [2.75, 3.05) is 5.32 Å². The highest BCUT2D eigenvalue weighted by Crippen LogP contribution is 2.32. The molecule has 1 aromatic heterocycles. The van der Waals surface area contributed by atoms with Gasteiger partial charge in [0.05, 0.1) is 6.04 Å². The zero-order valence-corrected chi connectivity index (χ0v) is 11.4. The number of carbonyl (C=O) groups is 1. The average molecular weight is 316 g/mol. The first-order valence-electron chi connectivity index (χ1n) is 5.87. The number of halogens is 3. The van der Waals surface area contributed by atoms with E-state index in [2.05, 4.69) is 15.5 Å². The zero-order chi connectivity index (χ0) is 15.5. The van der Waals surface area contributed by atoms with Crippen LogP contribution in [-0.2, 0) is 17.4 Å². The van der Waals surface area contributed by atoms with Crippen LogP contribution in [0.1, 0.15) is 10.6 Å². The van der Waals surface area contributed by atoms with E-state index in [-0.39, 0.29) is 22.9 Å². The van der Waals surface area contributed by atoms with Gasteiger partial charge in [-0.2, -0.15) is 13.2 Å². The standard InChI is InChI=1S/C12H11F3N4OS/c13-12(14,15)10-18-19-11(21-10)17-9(20)8(16)6-7-4-2-1-3-5-7/h1-5,8H,6,16H2,(H,17,19,20)/t8-/m0/s1. The number of nitrogens with two attached hydrogens (primary N) is 1. The lowest BCUT2D eigenvalue weighted by molar-refractivity contribution is -0.138. The van der Waals surface area contributed by atoms with E-state index in [4.69, 9.17) is 5.73 Å². The molecule has 0 radical (unpaired) electrons. The number of alkyl halides is 3. The Labute approximate surface area is 122 Å². The third kappa shape index (κ3) is 4.23. The highest BCUT2D eigenvalue weighted by molar-refractivity contribution is 7.15. The van der Waals surface area contributed by atoms with E-state index < -0.39 is 23.1 Å². The first-order valence-corrected chi connectivity index (χ1v) is 6.69. The third-order valence-electron chi connectivity index (χ3n) is 2.53. The second kappa shape index (κ2) is 6.19. The molecule has 0 aliphatic carbocycles. The van der Waals surface area contributed by atoms with Gasteiger partial charge in [0.1, 0.15) is 0 Å². The zero-order valence-electron chi connectivity index (χ0n) is 10.6. The number of hydrogen-bond donors (Lipinski definition) is 2. The number of aromatic nitrogens is 2. The molecule has 1 amide bonds. The number of nitrogens with zero attached hydrogens (tertiary/aromatic N) is 2.